The first-order valence-electron chi connectivity index (χ1n) is 9.65. The Kier molecular flexibility index (Phi) is 3.63. The Hall–Kier alpha value is -2.34. The van der Waals surface area contributed by atoms with Gasteiger partial charge in [-0.3, -0.25) is 9.69 Å². The van der Waals surface area contributed by atoms with E-state index in [4.69, 9.17) is 9.47 Å². The number of benzene rings is 1. The molecule has 1 N–H and O–H groups in total. The molecule has 4 aliphatic rings. The lowest BCUT2D eigenvalue weighted by atomic mass is 9.70. The number of hydrogen-bond acceptors (Lipinski definition) is 6. The summed E-state index contributed by atoms with van der Waals surface area (Å²) in [5, 5.41) is 3.57. The van der Waals surface area contributed by atoms with Gasteiger partial charge in [0.15, 0.2) is 5.78 Å². The molecule has 5 rings (SSSR count). The maximum absolute atomic E-state index is 13.4. The van der Waals surface area contributed by atoms with Crippen molar-refractivity contribution < 1.29 is 19.1 Å². The summed E-state index contributed by atoms with van der Waals surface area (Å²) in [7, 11) is 1.40. The summed E-state index contributed by atoms with van der Waals surface area (Å²) in [5.74, 6) is 0.143. The fourth-order valence-corrected chi connectivity index (χ4v) is 5.59. The first kappa shape index (κ1) is 16.8. The molecule has 0 bridgehead atoms. The van der Waals surface area contributed by atoms with Gasteiger partial charge in [0, 0.05) is 42.2 Å². The zero-order chi connectivity index (χ0) is 18.8. The summed E-state index contributed by atoms with van der Waals surface area (Å²) in [6.07, 6.45) is 3.17. The predicted molar refractivity (Wildman–Crippen MR) is 99.3 cm³/mol. The van der Waals surface area contributed by atoms with Gasteiger partial charge in [-0.1, -0.05) is 12.1 Å². The first-order valence-corrected chi connectivity index (χ1v) is 9.65. The molecule has 0 amide bonds. The second kappa shape index (κ2) is 5.83. The second-order valence-corrected chi connectivity index (χ2v) is 8.14. The number of nitrogens with zero attached hydrogens (tertiary/aromatic N) is 1. The zero-order valence-electron chi connectivity index (χ0n) is 15.6. The highest BCUT2D eigenvalue weighted by Crippen LogP contribution is 2.49. The summed E-state index contributed by atoms with van der Waals surface area (Å²) < 4.78 is 10.7. The number of rotatable bonds is 1. The van der Waals surface area contributed by atoms with Crippen molar-refractivity contribution in [2.24, 2.45) is 11.8 Å². The van der Waals surface area contributed by atoms with Gasteiger partial charge in [-0.05, 0) is 31.9 Å². The van der Waals surface area contributed by atoms with Gasteiger partial charge in [0.05, 0.1) is 25.0 Å². The minimum atomic E-state index is -0.586. The van der Waals surface area contributed by atoms with Crippen LogP contribution in [0.15, 0.2) is 36.1 Å². The van der Waals surface area contributed by atoms with Gasteiger partial charge in [-0.15, -0.1) is 0 Å². The smallest absolute Gasteiger partial charge is 0.337 e. The molecule has 4 aliphatic heterocycles. The van der Waals surface area contributed by atoms with Crippen molar-refractivity contribution in [2.75, 3.05) is 25.5 Å². The number of piperidine rings is 1. The number of esters is 1. The van der Waals surface area contributed by atoms with E-state index < -0.39 is 5.54 Å². The average Bonchev–Trinajstić information content (AvgIpc) is 3.19. The van der Waals surface area contributed by atoms with Gasteiger partial charge in [-0.25, -0.2) is 4.79 Å². The predicted octanol–water partition coefficient (Wildman–Crippen LogP) is 2.22. The SMILES string of the molecule is COC(=O)C1=CO[C@@H](C)[C@H]2CN3CC[C@]4(Nc5ccccc5C4=O)[C@@H]3C[C@@H]12. The van der Waals surface area contributed by atoms with E-state index in [-0.39, 0.29) is 35.7 Å². The highest BCUT2D eigenvalue weighted by molar-refractivity contribution is 6.14. The Balaban J connectivity index is 1.50. The molecule has 4 heterocycles. The Labute approximate surface area is 158 Å². The van der Waals surface area contributed by atoms with Crippen molar-refractivity contribution >= 4 is 17.4 Å². The molecule has 2 fully saturated rings. The number of carbonyl (C=O) groups is 2. The summed E-state index contributed by atoms with van der Waals surface area (Å²) in [6.45, 7) is 3.77. The minimum Gasteiger partial charge on any atom is -0.497 e. The number of hydrogen-bond donors (Lipinski definition) is 1. The maximum atomic E-state index is 13.4. The largest absolute Gasteiger partial charge is 0.497 e. The maximum Gasteiger partial charge on any atom is 0.337 e. The number of ether oxygens (including phenoxy) is 2. The van der Waals surface area contributed by atoms with E-state index in [0.29, 0.717) is 5.57 Å². The van der Waals surface area contributed by atoms with Gasteiger partial charge in [0.1, 0.15) is 5.54 Å². The third-order valence-corrected chi connectivity index (χ3v) is 7.01. The van der Waals surface area contributed by atoms with Crippen LogP contribution in [0.25, 0.3) is 0 Å². The van der Waals surface area contributed by atoms with Crippen LogP contribution in [0.2, 0.25) is 0 Å². The molecule has 27 heavy (non-hydrogen) atoms. The van der Waals surface area contributed by atoms with Crippen molar-refractivity contribution in [2.45, 2.75) is 37.5 Å². The molecule has 1 aromatic carbocycles. The molecule has 5 atom stereocenters. The average molecular weight is 368 g/mol. The van der Waals surface area contributed by atoms with Crippen LogP contribution in [0.1, 0.15) is 30.1 Å². The molecule has 6 heteroatoms. The van der Waals surface area contributed by atoms with Gasteiger partial charge >= 0.3 is 5.97 Å². The fourth-order valence-electron chi connectivity index (χ4n) is 5.59. The zero-order valence-corrected chi connectivity index (χ0v) is 15.6. The molecular formula is C21H24N2O4. The molecule has 0 unspecified atom stereocenters. The lowest BCUT2D eigenvalue weighted by Gasteiger charge is -2.48. The van der Waals surface area contributed by atoms with E-state index in [1.807, 2.05) is 24.3 Å². The van der Waals surface area contributed by atoms with Crippen LogP contribution in [-0.4, -0.2) is 54.5 Å². The highest BCUT2D eigenvalue weighted by atomic mass is 16.5. The molecule has 0 saturated carbocycles. The summed E-state index contributed by atoms with van der Waals surface area (Å²) in [4.78, 5) is 28.1. The topological polar surface area (TPSA) is 67.9 Å². The Morgan fingerprint density at radius 2 is 2.19 bits per heavy atom. The van der Waals surface area contributed by atoms with Crippen LogP contribution in [0, 0.1) is 11.8 Å². The standard InChI is InChI=1S/C21H24N2O4/c1-12-15-10-23-8-7-21(19(24)13-5-3-4-6-17(13)22-21)18(23)9-14(15)16(11-27-12)20(25)26-2/h3-6,11-12,14-15,18,22H,7-10H2,1-2H3/t12-,14+,15+,18-,21-/m0/s1. The van der Waals surface area contributed by atoms with E-state index in [1.165, 1.54) is 7.11 Å². The van der Waals surface area contributed by atoms with Gasteiger partial charge in [0.2, 0.25) is 0 Å². The fraction of sp³-hybridized carbons (Fsp3) is 0.524. The number of para-hydroxylation sites is 1. The molecule has 142 valence electrons. The Morgan fingerprint density at radius 3 is 2.96 bits per heavy atom. The number of carbonyl (C=O) groups excluding carboxylic acids is 2. The lowest BCUT2D eigenvalue weighted by molar-refractivity contribution is -0.139. The molecule has 1 aromatic rings. The number of Topliss-reactive ketones (excluding diaryl/α,β-unsaturated/α-hetero) is 1. The molecule has 2 saturated heterocycles. The number of methoxy groups -OCH3 is 1. The van der Waals surface area contributed by atoms with E-state index >= 15 is 0 Å². The van der Waals surface area contributed by atoms with Crippen molar-refractivity contribution in [3.8, 4) is 0 Å². The van der Waals surface area contributed by atoms with E-state index in [1.54, 1.807) is 6.26 Å². The summed E-state index contributed by atoms with van der Waals surface area (Å²) in [6, 6.07) is 7.83. The number of ketones is 1. The Bertz CT molecular complexity index is 850. The third-order valence-electron chi connectivity index (χ3n) is 7.01. The second-order valence-electron chi connectivity index (χ2n) is 8.14. The van der Waals surface area contributed by atoms with Crippen LogP contribution in [0.4, 0.5) is 5.69 Å². The summed E-state index contributed by atoms with van der Waals surface area (Å²) >= 11 is 0. The van der Waals surface area contributed by atoms with E-state index in [2.05, 4.69) is 17.1 Å². The molecule has 6 nitrogen and oxygen atoms in total. The van der Waals surface area contributed by atoms with Crippen molar-refractivity contribution in [3.63, 3.8) is 0 Å². The quantitative estimate of drug-likeness (QED) is 0.767. The highest BCUT2D eigenvalue weighted by Gasteiger charge is 2.60. The van der Waals surface area contributed by atoms with E-state index in [0.717, 1.165) is 37.2 Å². The monoisotopic (exact) mass is 368 g/mol. The van der Waals surface area contributed by atoms with Crippen LogP contribution >= 0.6 is 0 Å². The lowest BCUT2D eigenvalue weighted by Crippen LogP contribution is -2.59. The number of fused-ring (bicyclic) bond motifs is 4. The molecule has 0 radical (unpaired) electrons. The summed E-state index contributed by atoms with van der Waals surface area (Å²) in [5.41, 5.74) is 1.73. The number of nitrogens with one attached hydrogen (secondary N) is 1. The Morgan fingerprint density at radius 1 is 1.37 bits per heavy atom. The number of anilines is 1. The molecule has 0 aliphatic carbocycles. The van der Waals surface area contributed by atoms with Gasteiger partial charge < -0.3 is 14.8 Å². The normalized spacial score (nSPS) is 37.0. The molecule has 1 spiro atoms. The van der Waals surface area contributed by atoms with Crippen LogP contribution in [0.3, 0.4) is 0 Å². The van der Waals surface area contributed by atoms with Crippen LogP contribution in [-0.2, 0) is 14.3 Å². The van der Waals surface area contributed by atoms with E-state index in [9.17, 15) is 9.59 Å². The van der Waals surface area contributed by atoms with Crippen molar-refractivity contribution in [1.82, 2.24) is 4.90 Å². The third kappa shape index (κ3) is 2.22. The first-order chi connectivity index (χ1) is 13.0. The van der Waals surface area contributed by atoms with Crippen LogP contribution in [0.5, 0.6) is 0 Å². The van der Waals surface area contributed by atoms with Crippen LogP contribution < -0.4 is 5.32 Å². The van der Waals surface area contributed by atoms with Crippen molar-refractivity contribution in [1.29, 1.82) is 0 Å². The minimum absolute atomic E-state index is 0.0466. The van der Waals surface area contributed by atoms with Gasteiger partial charge in [0.25, 0.3) is 0 Å². The van der Waals surface area contributed by atoms with Crippen molar-refractivity contribution in [3.05, 3.63) is 41.7 Å². The molecular weight excluding hydrogens is 344 g/mol. The van der Waals surface area contributed by atoms with Gasteiger partial charge in [-0.2, -0.15) is 0 Å². The molecule has 0 aromatic heterocycles.